The number of carbonyl (C=O) groups is 1. The number of piperidine rings is 1. The van der Waals surface area contributed by atoms with Gasteiger partial charge in [-0.15, -0.1) is 0 Å². The van der Waals surface area contributed by atoms with Crippen LogP contribution < -0.4 is 5.32 Å². The van der Waals surface area contributed by atoms with Crippen LogP contribution in [0, 0.1) is 38.3 Å². The molecule has 2 aromatic carbocycles. The van der Waals surface area contributed by atoms with Crippen molar-refractivity contribution in [3.8, 4) is 0 Å². The summed E-state index contributed by atoms with van der Waals surface area (Å²) in [5.41, 5.74) is 1.77. The third-order valence-electron chi connectivity index (χ3n) is 5.17. The predicted octanol–water partition coefficient (Wildman–Crippen LogP) is 3.93. The SMILES string of the molecule is Cc1cc(C)c(S(=O)(=O)N2CCC[C@H](C(=O)Nc3c(F)cccc3F)C2)c(C)c1. The fourth-order valence-corrected chi connectivity index (χ4v) is 5.86. The molecule has 29 heavy (non-hydrogen) atoms. The zero-order valence-corrected chi connectivity index (χ0v) is 17.4. The van der Waals surface area contributed by atoms with Gasteiger partial charge < -0.3 is 5.32 Å². The number of aryl methyl sites for hydroxylation is 3. The van der Waals surface area contributed by atoms with Gasteiger partial charge in [0.05, 0.1) is 10.8 Å². The van der Waals surface area contributed by atoms with Crippen molar-refractivity contribution in [2.24, 2.45) is 5.92 Å². The molecule has 1 amide bonds. The van der Waals surface area contributed by atoms with Gasteiger partial charge >= 0.3 is 0 Å². The maximum atomic E-state index is 13.8. The summed E-state index contributed by atoms with van der Waals surface area (Å²) in [6.07, 6.45) is 0.931. The molecular formula is C21H24F2N2O3S. The molecule has 1 N–H and O–H groups in total. The van der Waals surface area contributed by atoms with Crippen molar-refractivity contribution in [3.63, 3.8) is 0 Å². The average Bonchev–Trinajstić information content (AvgIpc) is 2.63. The molecule has 1 heterocycles. The zero-order valence-electron chi connectivity index (χ0n) is 16.6. The first-order valence-electron chi connectivity index (χ1n) is 9.44. The van der Waals surface area contributed by atoms with E-state index in [4.69, 9.17) is 0 Å². The lowest BCUT2D eigenvalue weighted by Gasteiger charge is -2.32. The Labute approximate surface area is 169 Å². The van der Waals surface area contributed by atoms with Gasteiger partial charge in [0.2, 0.25) is 15.9 Å². The van der Waals surface area contributed by atoms with Crippen LogP contribution in [0.5, 0.6) is 0 Å². The lowest BCUT2D eigenvalue weighted by atomic mass is 9.98. The van der Waals surface area contributed by atoms with Crippen molar-refractivity contribution in [1.82, 2.24) is 4.31 Å². The van der Waals surface area contributed by atoms with Gasteiger partial charge in [0.25, 0.3) is 0 Å². The number of anilines is 1. The summed E-state index contributed by atoms with van der Waals surface area (Å²) in [5, 5.41) is 2.28. The van der Waals surface area contributed by atoms with Crippen LogP contribution >= 0.6 is 0 Å². The number of benzene rings is 2. The normalized spacial score (nSPS) is 17.9. The second kappa shape index (κ2) is 8.20. The number of halogens is 2. The molecule has 0 radical (unpaired) electrons. The molecule has 0 bridgehead atoms. The molecule has 5 nitrogen and oxygen atoms in total. The Morgan fingerprint density at radius 3 is 2.28 bits per heavy atom. The Morgan fingerprint density at radius 2 is 1.69 bits per heavy atom. The fourth-order valence-electron chi connectivity index (χ4n) is 3.92. The summed E-state index contributed by atoms with van der Waals surface area (Å²) in [6.45, 7) is 5.67. The van der Waals surface area contributed by atoms with Crippen molar-refractivity contribution in [1.29, 1.82) is 0 Å². The van der Waals surface area contributed by atoms with Crippen LogP contribution in [0.4, 0.5) is 14.5 Å². The predicted molar refractivity (Wildman–Crippen MR) is 107 cm³/mol. The quantitative estimate of drug-likeness (QED) is 0.812. The van der Waals surface area contributed by atoms with E-state index >= 15 is 0 Å². The van der Waals surface area contributed by atoms with Crippen molar-refractivity contribution >= 4 is 21.6 Å². The number of sulfonamides is 1. The van der Waals surface area contributed by atoms with E-state index in [-0.39, 0.29) is 11.4 Å². The van der Waals surface area contributed by atoms with E-state index in [1.807, 2.05) is 19.1 Å². The summed E-state index contributed by atoms with van der Waals surface area (Å²) in [4.78, 5) is 12.8. The van der Waals surface area contributed by atoms with Crippen LogP contribution in [0.1, 0.15) is 29.5 Å². The summed E-state index contributed by atoms with van der Waals surface area (Å²) >= 11 is 0. The van der Waals surface area contributed by atoms with E-state index in [0.29, 0.717) is 30.5 Å². The molecule has 156 valence electrons. The molecule has 3 rings (SSSR count). The summed E-state index contributed by atoms with van der Waals surface area (Å²) in [6, 6.07) is 6.95. The van der Waals surface area contributed by atoms with Crippen LogP contribution in [0.3, 0.4) is 0 Å². The molecule has 0 saturated carbocycles. The first kappa shape index (κ1) is 21.4. The third-order valence-corrected chi connectivity index (χ3v) is 7.34. The highest BCUT2D eigenvalue weighted by atomic mass is 32.2. The van der Waals surface area contributed by atoms with E-state index in [1.165, 1.54) is 10.4 Å². The third kappa shape index (κ3) is 4.33. The highest BCUT2D eigenvalue weighted by molar-refractivity contribution is 7.89. The Kier molecular flexibility index (Phi) is 6.05. The number of nitrogens with one attached hydrogen (secondary N) is 1. The first-order valence-corrected chi connectivity index (χ1v) is 10.9. The van der Waals surface area contributed by atoms with Gasteiger partial charge in [0.1, 0.15) is 17.3 Å². The zero-order chi connectivity index (χ0) is 21.3. The Hall–Kier alpha value is -2.32. The number of hydrogen-bond acceptors (Lipinski definition) is 3. The second-order valence-corrected chi connectivity index (χ2v) is 9.39. The van der Waals surface area contributed by atoms with Crippen LogP contribution in [0.2, 0.25) is 0 Å². The summed E-state index contributed by atoms with van der Waals surface area (Å²) in [5.74, 6) is -3.02. The minimum atomic E-state index is -3.79. The van der Waals surface area contributed by atoms with Gasteiger partial charge in [-0.3, -0.25) is 4.79 Å². The Bertz CT molecular complexity index is 1010. The van der Waals surface area contributed by atoms with Crippen LogP contribution in [0.25, 0.3) is 0 Å². The molecule has 1 fully saturated rings. The topological polar surface area (TPSA) is 66.5 Å². The average molecular weight is 422 g/mol. The lowest BCUT2D eigenvalue weighted by molar-refractivity contribution is -0.120. The van der Waals surface area contributed by atoms with Crippen LogP contribution in [-0.2, 0) is 14.8 Å². The second-order valence-electron chi connectivity index (χ2n) is 7.52. The van der Waals surface area contributed by atoms with Crippen LogP contribution in [0.15, 0.2) is 35.2 Å². The van der Waals surface area contributed by atoms with E-state index < -0.39 is 39.2 Å². The van der Waals surface area contributed by atoms with E-state index in [2.05, 4.69) is 5.32 Å². The van der Waals surface area contributed by atoms with E-state index in [1.54, 1.807) is 13.8 Å². The number of para-hydroxylation sites is 1. The minimum absolute atomic E-state index is 0.0308. The molecule has 0 aromatic heterocycles. The van der Waals surface area contributed by atoms with Gasteiger partial charge in [0.15, 0.2) is 0 Å². The number of nitrogens with zero attached hydrogens (tertiary/aromatic N) is 1. The van der Waals surface area contributed by atoms with Gasteiger partial charge in [-0.25, -0.2) is 17.2 Å². The fraction of sp³-hybridized carbons (Fsp3) is 0.381. The molecule has 8 heteroatoms. The number of hydrogen-bond donors (Lipinski definition) is 1. The summed E-state index contributed by atoms with van der Waals surface area (Å²) < 4.78 is 55.4. The summed E-state index contributed by atoms with van der Waals surface area (Å²) in [7, 11) is -3.79. The number of rotatable bonds is 4. The Balaban J connectivity index is 1.83. The first-order chi connectivity index (χ1) is 13.6. The maximum Gasteiger partial charge on any atom is 0.243 e. The van der Waals surface area contributed by atoms with E-state index in [0.717, 1.165) is 17.7 Å². The van der Waals surface area contributed by atoms with Gasteiger partial charge in [0, 0.05) is 13.1 Å². The monoisotopic (exact) mass is 422 g/mol. The molecule has 2 aromatic rings. The van der Waals surface area contributed by atoms with Crippen LogP contribution in [-0.4, -0.2) is 31.7 Å². The van der Waals surface area contributed by atoms with Crippen molar-refractivity contribution in [2.75, 3.05) is 18.4 Å². The van der Waals surface area contributed by atoms with E-state index in [9.17, 15) is 22.0 Å². The molecule has 0 unspecified atom stereocenters. The molecule has 0 aliphatic carbocycles. The van der Waals surface area contributed by atoms with Crippen molar-refractivity contribution in [2.45, 2.75) is 38.5 Å². The largest absolute Gasteiger partial charge is 0.321 e. The number of carbonyl (C=O) groups excluding carboxylic acids is 1. The minimum Gasteiger partial charge on any atom is -0.321 e. The van der Waals surface area contributed by atoms with Crippen molar-refractivity contribution < 1.29 is 22.0 Å². The molecule has 1 aliphatic heterocycles. The molecule has 1 atom stereocenters. The highest BCUT2D eigenvalue weighted by Crippen LogP contribution is 2.29. The van der Waals surface area contributed by atoms with Crippen molar-refractivity contribution in [3.05, 3.63) is 58.7 Å². The number of amides is 1. The standard InChI is InChI=1S/C21H24F2N2O3S/c1-13-10-14(2)20(15(3)11-13)29(27,28)25-9-5-6-16(12-25)21(26)24-19-17(22)7-4-8-18(19)23/h4,7-8,10-11,16H,5-6,9,12H2,1-3H3,(H,24,26)/t16-/m0/s1. The molecule has 1 aliphatic rings. The molecule has 0 spiro atoms. The molecule has 1 saturated heterocycles. The van der Waals surface area contributed by atoms with Gasteiger partial charge in [-0.1, -0.05) is 23.8 Å². The van der Waals surface area contributed by atoms with Gasteiger partial charge in [-0.05, 0) is 56.9 Å². The Morgan fingerprint density at radius 1 is 1.10 bits per heavy atom. The van der Waals surface area contributed by atoms with Gasteiger partial charge in [-0.2, -0.15) is 4.31 Å². The highest BCUT2D eigenvalue weighted by Gasteiger charge is 2.35. The smallest absolute Gasteiger partial charge is 0.243 e. The lowest BCUT2D eigenvalue weighted by Crippen LogP contribution is -2.44. The maximum absolute atomic E-state index is 13.8. The molecular weight excluding hydrogens is 398 g/mol.